The van der Waals surface area contributed by atoms with E-state index in [9.17, 15) is 5.26 Å². The zero-order valence-electron chi connectivity index (χ0n) is 17.4. The summed E-state index contributed by atoms with van der Waals surface area (Å²) in [6.07, 6.45) is 4.70. The molecule has 4 aromatic rings. The Morgan fingerprint density at radius 3 is 2.41 bits per heavy atom. The fraction of sp³-hybridized carbons (Fsp3) is 0.167. The molecule has 0 aliphatic rings. The first-order valence-electron chi connectivity index (χ1n) is 9.94. The molecule has 4 rings (SSSR count). The van der Waals surface area contributed by atoms with Crippen molar-refractivity contribution in [2.75, 3.05) is 13.2 Å². The van der Waals surface area contributed by atoms with E-state index < -0.39 is 0 Å². The lowest BCUT2D eigenvalue weighted by molar-refractivity contribution is 0.286. The van der Waals surface area contributed by atoms with Crippen LogP contribution in [-0.4, -0.2) is 19.4 Å². The Kier molecular flexibility index (Phi) is 6.66. The van der Waals surface area contributed by atoms with Gasteiger partial charge in [0.05, 0.1) is 34.9 Å². The maximum Gasteiger partial charge on any atom is 0.238 e. The first-order chi connectivity index (χ1) is 15.7. The van der Waals surface area contributed by atoms with Crippen molar-refractivity contribution in [2.24, 2.45) is 4.99 Å². The summed E-state index contributed by atoms with van der Waals surface area (Å²) >= 11 is 2.20. The van der Waals surface area contributed by atoms with Crippen LogP contribution in [-0.2, 0) is 0 Å². The van der Waals surface area contributed by atoms with Crippen LogP contribution in [0.2, 0.25) is 0 Å². The fourth-order valence-electron chi connectivity index (χ4n) is 3.19. The molecular weight excluding hydrogens is 523 g/mol. The number of aliphatic imine (C=N–C) groups is 1. The van der Waals surface area contributed by atoms with Crippen LogP contribution in [0.3, 0.4) is 0 Å². The van der Waals surface area contributed by atoms with Crippen molar-refractivity contribution in [3.63, 3.8) is 0 Å². The Balaban J connectivity index is 1.79. The molecule has 7 nitrogen and oxygen atoms in total. The molecule has 1 aromatic carbocycles. The van der Waals surface area contributed by atoms with E-state index in [1.54, 1.807) is 30.5 Å². The van der Waals surface area contributed by atoms with Gasteiger partial charge in [-0.2, -0.15) is 5.26 Å². The first kappa shape index (κ1) is 21.8. The highest BCUT2D eigenvalue weighted by atomic mass is 127. The average Bonchev–Trinajstić information content (AvgIpc) is 3.54. The molecule has 0 aliphatic carbocycles. The third kappa shape index (κ3) is 4.29. The SMILES string of the molecule is CCOc1cc(C=Nc2oc(-c3ccco3)c(-c3ccco3)c2C#N)cc(I)c1OCC. The molecule has 3 heterocycles. The number of hydrogen-bond acceptors (Lipinski definition) is 7. The Morgan fingerprint density at radius 1 is 1.06 bits per heavy atom. The van der Waals surface area contributed by atoms with Crippen molar-refractivity contribution in [1.29, 1.82) is 5.26 Å². The topological polar surface area (TPSA) is 94.0 Å². The molecule has 0 unspecified atom stereocenters. The van der Waals surface area contributed by atoms with Crippen LogP contribution in [0.1, 0.15) is 25.0 Å². The molecule has 0 fully saturated rings. The Bertz CT molecular complexity index is 1260. The predicted molar refractivity (Wildman–Crippen MR) is 128 cm³/mol. The molecule has 0 amide bonds. The van der Waals surface area contributed by atoms with Gasteiger partial charge >= 0.3 is 0 Å². The quantitative estimate of drug-likeness (QED) is 0.179. The normalized spacial score (nSPS) is 11.1. The van der Waals surface area contributed by atoms with E-state index in [1.165, 1.54) is 12.5 Å². The summed E-state index contributed by atoms with van der Waals surface area (Å²) in [5.41, 5.74) is 1.53. The molecule has 0 N–H and O–H groups in total. The molecule has 0 spiro atoms. The van der Waals surface area contributed by atoms with Crippen LogP contribution in [0.5, 0.6) is 11.5 Å². The van der Waals surface area contributed by atoms with Gasteiger partial charge in [-0.05, 0) is 78.4 Å². The monoisotopic (exact) mass is 542 g/mol. The fourth-order valence-corrected chi connectivity index (χ4v) is 3.98. The molecule has 0 bridgehead atoms. The summed E-state index contributed by atoms with van der Waals surface area (Å²) in [6.45, 7) is 4.88. The number of ether oxygens (including phenoxy) is 2. The molecule has 0 atom stereocenters. The van der Waals surface area contributed by atoms with E-state index in [4.69, 9.17) is 22.7 Å². The molecule has 0 radical (unpaired) electrons. The molecular formula is C24H19IN2O5. The third-order valence-corrected chi connectivity index (χ3v) is 5.27. The zero-order chi connectivity index (χ0) is 22.5. The minimum Gasteiger partial charge on any atom is -0.490 e. The summed E-state index contributed by atoms with van der Waals surface area (Å²) in [5, 5.41) is 9.87. The highest BCUT2D eigenvalue weighted by Crippen LogP contribution is 2.43. The number of halogens is 1. The lowest BCUT2D eigenvalue weighted by atomic mass is 10.1. The van der Waals surface area contributed by atoms with Crippen molar-refractivity contribution in [3.05, 3.63) is 63.6 Å². The van der Waals surface area contributed by atoms with Crippen LogP contribution in [0.25, 0.3) is 22.8 Å². The molecule has 32 heavy (non-hydrogen) atoms. The Hall–Kier alpha value is -3.45. The van der Waals surface area contributed by atoms with Gasteiger partial charge in [0.15, 0.2) is 23.0 Å². The van der Waals surface area contributed by atoms with Crippen LogP contribution in [0.15, 0.2) is 67.2 Å². The first-order valence-corrected chi connectivity index (χ1v) is 11.0. The number of furan rings is 3. The van der Waals surface area contributed by atoms with E-state index in [0.29, 0.717) is 47.6 Å². The zero-order valence-corrected chi connectivity index (χ0v) is 19.6. The standard InChI is InChI=1S/C24H19IN2O5/c1-3-28-20-12-15(11-17(25)22(20)29-4-2)14-27-24-16(13-26)21(18-7-5-9-30-18)23(32-24)19-8-6-10-31-19/h5-12,14H,3-4H2,1-2H3. The maximum atomic E-state index is 9.87. The minimum absolute atomic E-state index is 0.159. The van der Waals surface area contributed by atoms with Gasteiger partial charge in [0, 0.05) is 6.21 Å². The predicted octanol–water partition coefficient (Wildman–Crippen LogP) is 6.82. The molecule has 162 valence electrons. The summed E-state index contributed by atoms with van der Waals surface area (Å²) in [5.74, 6) is 2.84. The third-order valence-electron chi connectivity index (χ3n) is 4.47. The smallest absolute Gasteiger partial charge is 0.238 e. The molecule has 0 saturated carbocycles. The number of benzene rings is 1. The molecule has 0 aliphatic heterocycles. The number of hydrogen-bond donors (Lipinski definition) is 0. The van der Waals surface area contributed by atoms with E-state index in [2.05, 4.69) is 33.7 Å². The second-order valence-corrected chi connectivity index (χ2v) is 7.67. The van der Waals surface area contributed by atoms with Crippen molar-refractivity contribution < 1.29 is 22.7 Å². The van der Waals surface area contributed by atoms with Crippen molar-refractivity contribution >= 4 is 34.7 Å². The largest absolute Gasteiger partial charge is 0.490 e. The number of nitrogens with zero attached hydrogens (tertiary/aromatic N) is 2. The van der Waals surface area contributed by atoms with Gasteiger partial charge in [-0.15, -0.1) is 0 Å². The lowest BCUT2D eigenvalue weighted by Crippen LogP contribution is -2.01. The van der Waals surface area contributed by atoms with Crippen LogP contribution in [0, 0.1) is 14.9 Å². The lowest BCUT2D eigenvalue weighted by Gasteiger charge is -2.13. The second-order valence-electron chi connectivity index (χ2n) is 6.51. The Morgan fingerprint density at radius 2 is 1.78 bits per heavy atom. The van der Waals surface area contributed by atoms with Crippen molar-refractivity contribution in [2.45, 2.75) is 13.8 Å². The van der Waals surface area contributed by atoms with E-state index >= 15 is 0 Å². The van der Waals surface area contributed by atoms with Gasteiger partial charge in [0.25, 0.3) is 0 Å². The number of rotatable bonds is 8. The number of nitriles is 1. The van der Waals surface area contributed by atoms with E-state index in [1.807, 2.05) is 26.0 Å². The summed E-state index contributed by atoms with van der Waals surface area (Å²) in [6, 6.07) is 13.0. The average molecular weight is 542 g/mol. The van der Waals surface area contributed by atoms with Crippen LogP contribution in [0.4, 0.5) is 5.88 Å². The van der Waals surface area contributed by atoms with Crippen molar-refractivity contribution in [1.82, 2.24) is 0 Å². The van der Waals surface area contributed by atoms with Crippen molar-refractivity contribution in [3.8, 4) is 40.4 Å². The van der Waals surface area contributed by atoms with Gasteiger partial charge in [-0.3, -0.25) is 0 Å². The Labute approximate surface area is 198 Å². The van der Waals surface area contributed by atoms with Gasteiger partial charge in [0.2, 0.25) is 5.88 Å². The van der Waals surface area contributed by atoms with Gasteiger partial charge in [-0.25, -0.2) is 4.99 Å². The van der Waals surface area contributed by atoms with Gasteiger partial charge in [-0.1, -0.05) is 0 Å². The summed E-state index contributed by atoms with van der Waals surface area (Å²) in [4.78, 5) is 4.47. The molecule has 8 heteroatoms. The summed E-state index contributed by atoms with van der Waals surface area (Å²) in [7, 11) is 0. The highest BCUT2D eigenvalue weighted by molar-refractivity contribution is 14.1. The second kappa shape index (κ2) is 9.78. The van der Waals surface area contributed by atoms with E-state index in [-0.39, 0.29) is 11.4 Å². The van der Waals surface area contributed by atoms with Crippen LogP contribution < -0.4 is 9.47 Å². The van der Waals surface area contributed by atoms with Gasteiger partial charge in [0.1, 0.15) is 17.4 Å². The minimum atomic E-state index is 0.159. The van der Waals surface area contributed by atoms with Gasteiger partial charge < -0.3 is 22.7 Å². The highest BCUT2D eigenvalue weighted by Gasteiger charge is 2.26. The van der Waals surface area contributed by atoms with Crippen LogP contribution >= 0.6 is 22.6 Å². The molecule has 0 saturated heterocycles. The summed E-state index contributed by atoms with van der Waals surface area (Å²) < 4.78 is 29.3. The van der Waals surface area contributed by atoms with E-state index in [0.717, 1.165) is 9.13 Å². The maximum absolute atomic E-state index is 9.87. The molecule has 3 aromatic heterocycles.